The van der Waals surface area contributed by atoms with Gasteiger partial charge in [0.15, 0.2) is 0 Å². The van der Waals surface area contributed by atoms with Crippen LogP contribution < -0.4 is 0 Å². The van der Waals surface area contributed by atoms with E-state index in [1.54, 1.807) is 12.7 Å². The molecular weight excluding hydrogens is 316 g/mol. The maximum absolute atomic E-state index is 6.14. The molecule has 1 nitrogen and oxygen atoms in total. The fourth-order valence-electron chi connectivity index (χ4n) is 5.11. The second-order valence-electron chi connectivity index (χ2n) is 7.72. The zero-order chi connectivity index (χ0) is 16.8. The van der Waals surface area contributed by atoms with E-state index in [4.69, 9.17) is 16.3 Å². The van der Waals surface area contributed by atoms with Crippen molar-refractivity contribution in [3.05, 3.63) is 47.0 Å². The third-order valence-corrected chi connectivity index (χ3v) is 6.64. The topological polar surface area (TPSA) is 9.23 Å². The van der Waals surface area contributed by atoms with E-state index in [-0.39, 0.29) is 0 Å². The third kappa shape index (κ3) is 4.06. The van der Waals surface area contributed by atoms with Crippen molar-refractivity contribution in [3.8, 4) is 0 Å². The molecular formula is C22H31ClO. The van der Waals surface area contributed by atoms with Crippen molar-refractivity contribution < 1.29 is 4.74 Å². The Kier molecular flexibility index (Phi) is 6.41. The highest BCUT2D eigenvalue weighted by Gasteiger charge is 2.42. The van der Waals surface area contributed by atoms with Gasteiger partial charge in [-0.25, -0.2) is 0 Å². The molecule has 24 heavy (non-hydrogen) atoms. The van der Waals surface area contributed by atoms with Gasteiger partial charge in [0.05, 0.1) is 6.61 Å². The van der Waals surface area contributed by atoms with Crippen LogP contribution in [-0.2, 0) is 10.2 Å². The number of benzene rings is 1. The molecule has 0 N–H and O–H groups in total. The minimum Gasteiger partial charge on any atom is -0.381 e. The quantitative estimate of drug-likeness (QED) is 0.549. The lowest BCUT2D eigenvalue weighted by Crippen LogP contribution is -2.39. The van der Waals surface area contributed by atoms with E-state index in [2.05, 4.69) is 36.4 Å². The molecule has 0 unspecified atom stereocenters. The molecule has 2 fully saturated rings. The van der Waals surface area contributed by atoms with Crippen LogP contribution in [0, 0.1) is 11.8 Å². The van der Waals surface area contributed by atoms with E-state index in [9.17, 15) is 0 Å². The summed E-state index contributed by atoms with van der Waals surface area (Å²) in [4.78, 5) is 0. The molecule has 1 aromatic rings. The molecule has 0 aromatic heterocycles. The molecule has 2 aliphatic rings. The Bertz CT molecular complexity index is 519. The monoisotopic (exact) mass is 346 g/mol. The fourth-order valence-corrected chi connectivity index (χ4v) is 5.23. The van der Waals surface area contributed by atoms with Gasteiger partial charge in [-0.1, -0.05) is 55.1 Å². The molecule has 0 heterocycles. The van der Waals surface area contributed by atoms with Crippen molar-refractivity contribution >= 4 is 11.6 Å². The molecule has 0 radical (unpaired) electrons. The van der Waals surface area contributed by atoms with Gasteiger partial charge in [-0.05, 0) is 73.5 Å². The number of hydrogen-bond acceptors (Lipinski definition) is 1. The Morgan fingerprint density at radius 1 is 1.04 bits per heavy atom. The van der Waals surface area contributed by atoms with Gasteiger partial charge in [-0.3, -0.25) is 0 Å². The highest BCUT2D eigenvalue weighted by Crippen LogP contribution is 2.51. The number of rotatable bonds is 5. The largest absolute Gasteiger partial charge is 0.381 e. The van der Waals surface area contributed by atoms with Gasteiger partial charge in [-0.2, -0.15) is 0 Å². The molecule has 0 amide bonds. The Morgan fingerprint density at radius 3 is 2.33 bits per heavy atom. The van der Waals surface area contributed by atoms with Crippen LogP contribution in [0.2, 0.25) is 5.02 Å². The van der Waals surface area contributed by atoms with E-state index >= 15 is 0 Å². The molecule has 3 rings (SSSR count). The highest BCUT2D eigenvalue weighted by molar-refractivity contribution is 6.30. The zero-order valence-electron chi connectivity index (χ0n) is 15.0. The maximum atomic E-state index is 6.14. The summed E-state index contributed by atoms with van der Waals surface area (Å²) in [5.41, 5.74) is 1.95. The second-order valence-corrected chi connectivity index (χ2v) is 8.16. The van der Waals surface area contributed by atoms with Crippen LogP contribution >= 0.6 is 11.6 Å². The Balaban J connectivity index is 1.72. The van der Waals surface area contributed by atoms with E-state index < -0.39 is 0 Å². The summed E-state index contributed by atoms with van der Waals surface area (Å²) in [5, 5.41) is 0.858. The van der Waals surface area contributed by atoms with Crippen LogP contribution in [0.1, 0.15) is 63.4 Å². The number of allylic oxidation sites excluding steroid dienone is 1. The van der Waals surface area contributed by atoms with Crippen molar-refractivity contribution in [2.24, 2.45) is 11.8 Å². The second kappa shape index (κ2) is 8.54. The number of methoxy groups -OCH3 is 1. The lowest BCUT2D eigenvalue weighted by molar-refractivity contribution is 0.136. The predicted octanol–water partition coefficient (Wildman–Crippen LogP) is 6.55. The predicted molar refractivity (Wildman–Crippen MR) is 103 cm³/mol. The summed E-state index contributed by atoms with van der Waals surface area (Å²) in [7, 11) is 1.76. The summed E-state index contributed by atoms with van der Waals surface area (Å²) < 4.78 is 5.14. The van der Waals surface area contributed by atoms with Gasteiger partial charge in [-0.15, -0.1) is 0 Å². The molecule has 2 saturated carbocycles. The first-order valence-electron chi connectivity index (χ1n) is 9.66. The minimum atomic E-state index is 0.407. The lowest BCUT2D eigenvalue weighted by Gasteiger charge is -2.47. The molecule has 0 bridgehead atoms. The molecule has 0 saturated heterocycles. The Morgan fingerprint density at radius 2 is 1.71 bits per heavy atom. The summed E-state index contributed by atoms with van der Waals surface area (Å²) in [6, 6.07) is 8.79. The molecule has 2 heteroatoms. The van der Waals surface area contributed by atoms with Crippen LogP contribution in [0.3, 0.4) is 0 Å². The van der Waals surface area contributed by atoms with Gasteiger partial charge >= 0.3 is 0 Å². The summed E-state index contributed by atoms with van der Waals surface area (Å²) in [5.74, 6) is 1.59. The summed E-state index contributed by atoms with van der Waals surface area (Å²) in [6.45, 7) is 0.745. The van der Waals surface area contributed by atoms with Gasteiger partial charge in [0.2, 0.25) is 0 Å². The highest BCUT2D eigenvalue weighted by atomic mass is 35.5. The van der Waals surface area contributed by atoms with E-state index in [0.717, 1.165) is 23.5 Å². The van der Waals surface area contributed by atoms with Crippen LogP contribution in [0.15, 0.2) is 36.4 Å². The zero-order valence-corrected chi connectivity index (χ0v) is 15.7. The molecule has 2 aliphatic carbocycles. The van der Waals surface area contributed by atoms with Crippen molar-refractivity contribution in [3.63, 3.8) is 0 Å². The molecule has 0 atom stereocenters. The van der Waals surface area contributed by atoms with Crippen molar-refractivity contribution in [2.45, 2.75) is 63.2 Å². The Hall–Kier alpha value is -0.790. The lowest BCUT2D eigenvalue weighted by atomic mass is 9.58. The van der Waals surface area contributed by atoms with E-state index in [0.29, 0.717) is 5.41 Å². The summed E-state index contributed by atoms with van der Waals surface area (Å²) in [6.07, 6.45) is 16.9. The van der Waals surface area contributed by atoms with Gasteiger partial charge < -0.3 is 4.74 Å². The van der Waals surface area contributed by atoms with Crippen LogP contribution in [0.5, 0.6) is 0 Å². The molecule has 0 spiro atoms. The Labute approximate surface area is 152 Å². The SMILES string of the molecule is COC/C=C/[C@H]1CC[C@H](C2(c3ccc(Cl)cc3)CCCCC2)CC1. The first kappa shape index (κ1) is 18.0. The number of ether oxygens (including phenoxy) is 1. The first-order valence-corrected chi connectivity index (χ1v) is 10.0. The normalized spacial score (nSPS) is 27.4. The van der Waals surface area contributed by atoms with Gasteiger partial charge in [0, 0.05) is 12.1 Å². The van der Waals surface area contributed by atoms with Crippen LogP contribution in [0.25, 0.3) is 0 Å². The van der Waals surface area contributed by atoms with Crippen molar-refractivity contribution in [1.29, 1.82) is 0 Å². The smallest absolute Gasteiger partial charge is 0.0643 e. The molecule has 0 aliphatic heterocycles. The van der Waals surface area contributed by atoms with Crippen molar-refractivity contribution in [1.82, 2.24) is 0 Å². The fraction of sp³-hybridized carbons (Fsp3) is 0.636. The standard InChI is InChI=1S/C22H31ClO/c1-24-17-5-6-18-7-9-19(10-8-18)22(15-3-2-4-16-22)20-11-13-21(23)14-12-20/h5-6,11-14,18-19H,2-4,7-10,15-17H2,1H3/b6-5+/t18-,19-. The molecule has 1 aromatic carbocycles. The number of halogens is 1. The minimum absolute atomic E-state index is 0.407. The first-order chi connectivity index (χ1) is 11.7. The van der Waals surface area contributed by atoms with Crippen molar-refractivity contribution in [2.75, 3.05) is 13.7 Å². The third-order valence-electron chi connectivity index (χ3n) is 6.39. The van der Waals surface area contributed by atoms with Gasteiger partial charge in [0.25, 0.3) is 0 Å². The average Bonchev–Trinajstić information content (AvgIpc) is 2.64. The summed E-state index contributed by atoms with van der Waals surface area (Å²) >= 11 is 6.14. The van der Waals surface area contributed by atoms with Crippen LogP contribution in [0.4, 0.5) is 0 Å². The van der Waals surface area contributed by atoms with E-state index in [1.807, 2.05) is 0 Å². The van der Waals surface area contributed by atoms with Gasteiger partial charge in [0.1, 0.15) is 0 Å². The average molecular weight is 347 g/mol. The molecule has 132 valence electrons. The van der Waals surface area contributed by atoms with Crippen LogP contribution in [-0.4, -0.2) is 13.7 Å². The van der Waals surface area contributed by atoms with E-state index in [1.165, 1.54) is 57.8 Å². The maximum Gasteiger partial charge on any atom is 0.0643 e. The number of hydrogen-bond donors (Lipinski definition) is 0.